The molecule has 104 valence electrons. The summed E-state index contributed by atoms with van der Waals surface area (Å²) in [5, 5.41) is 3.30. The first kappa shape index (κ1) is 13.9. The summed E-state index contributed by atoms with van der Waals surface area (Å²) >= 11 is 0. The predicted octanol–water partition coefficient (Wildman–Crippen LogP) is 2.19. The van der Waals surface area contributed by atoms with Crippen LogP contribution < -0.4 is 5.32 Å². The molecule has 2 atom stereocenters. The van der Waals surface area contributed by atoms with Crippen LogP contribution in [0.15, 0.2) is 18.2 Å². The van der Waals surface area contributed by atoms with Gasteiger partial charge in [-0.3, -0.25) is 4.79 Å². The van der Waals surface area contributed by atoms with Crippen molar-refractivity contribution in [2.24, 2.45) is 0 Å². The summed E-state index contributed by atoms with van der Waals surface area (Å²) in [4.78, 5) is 10.9. The summed E-state index contributed by atoms with van der Waals surface area (Å²) in [5.41, 5.74) is 0.736. The first-order valence-electron chi connectivity index (χ1n) is 6.39. The van der Waals surface area contributed by atoms with Crippen LogP contribution in [0, 0.1) is 11.6 Å². The summed E-state index contributed by atoms with van der Waals surface area (Å²) in [6, 6.07) is 4.04. The van der Waals surface area contributed by atoms with Gasteiger partial charge in [0.05, 0.1) is 0 Å². The number of ether oxygens (including phenoxy) is 1. The lowest BCUT2D eigenvalue weighted by molar-refractivity contribution is -0.147. The van der Waals surface area contributed by atoms with Crippen LogP contribution in [-0.4, -0.2) is 24.7 Å². The van der Waals surface area contributed by atoms with Gasteiger partial charge in [-0.25, -0.2) is 8.78 Å². The minimum atomic E-state index is -0.835. The van der Waals surface area contributed by atoms with Crippen molar-refractivity contribution in [2.75, 3.05) is 6.54 Å². The third-order valence-corrected chi connectivity index (χ3v) is 3.25. The van der Waals surface area contributed by atoms with Gasteiger partial charge in [-0.15, -0.1) is 0 Å². The average molecular weight is 269 g/mol. The molecule has 1 saturated heterocycles. The molecular formula is C14H17F2NO2. The van der Waals surface area contributed by atoms with Gasteiger partial charge in [0, 0.05) is 19.4 Å². The van der Waals surface area contributed by atoms with Crippen molar-refractivity contribution < 1.29 is 18.3 Å². The molecular weight excluding hydrogens is 252 g/mol. The maximum Gasteiger partial charge on any atom is 0.302 e. The number of hydrogen-bond donors (Lipinski definition) is 1. The lowest BCUT2D eigenvalue weighted by Gasteiger charge is -2.30. The Labute approximate surface area is 111 Å². The molecule has 3 nitrogen and oxygen atoms in total. The van der Waals surface area contributed by atoms with Crippen molar-refractivity contribution in [1.29, 1.82) is 0 Å². The van der Waals surface area contributed by atoms with Crippen molar-refractivity contribution in [1.82, 2.24) is 5.32 Å². The minimum Gasteiger partial charge on any atom is -0.462 e. The molecule has 2 rings (SSSR count). The molecule has 1 fully saturated rings. The highest BCUT2D eigenvalue weighted by Gasteiger charge is 2.23. The number of carbonyl (C=O) groups is 1. The Morgan fingerprint density at radius 3 is 2.89 bits per heavy atom. The van der Waals surface area contributed by atoms with Crippen LogP contribution in [0.3, 0.4) is 0 Å². The van der Waals surface area contributed by atoms with E-state index in [1.54, 1.807) is 6.07 Å². The quantitative estimate of drug-likeness (QED) is 0.855. The Balaban J connectivity index is 1.94. The topological polar surface area (TPSA) is 38.3 Å². The van der Waals surface area contributed by atoms with Crippen molar-refractivity contribution in [3.05, 3.63) is 35.4 Å². The molecule has 1 N–H and O–H groups in total. The van der Waals surface area contributed by atoms with Gasteiger partial charge in [0.25, 0.3) is 0 Å². The SMILES string of the molecule is CC(=O)OC1CCNC(Cc2ccc(F)c(F)c2)C1. The zero-order valence-electron chi connectivity index (χ0n) is 10.8. The van der Waals surface area contributed by atoms with Crippen LogP contribution in [-0.2, 0) is 16.0 Å². The molecule has 0 aliphatic carbocycles. The summed E-state index contributed by atoms with van der Waals surface area (Å²) in [7, 11) is 0. The normalized spacial score (nSPS) is 23.1. The van der Waals surface area contributed by atoms with Crippen LogP contribution in [0.5, 0.6) is 0 Å². The smallest absolute Gasteiger partial charge is 0.302 e. The van der Waals surface area contributed by atoms with Gasteiger partial charge >= 0.3 is 5.97 Å². The number of halogens is 2. The summed E-state index contributed by atoms with van der Waals surface area (Å²) in [6.07, 6.45) is 1.98. The van der Waals surface area contributed by atoms with Crippen molar-refractivity contribution in [2.45, 2.75) is 38.3 Å². The molecule has 2 unspecified atom stereocenters. The molecule has 1 aliphatic heterocycles. The molecule has 0 saturated carbocycles. The minimum absolute atomic E-state index is 0.0888. The zero-order chi connectivity index (χ0) is 13.8. The van der Waals surface area contributed by atoms with E-state index in [4.69, 9.17) is 4.74 Å². The number of rotatable bonds is 3. The highest BCUT2D eigenvalue weighted by Crippen LogP contribution is 2.17. The van der Waals surface area contributed by atoms with Gasteiger partial charge in [0.1, 0.15) is 6.10 Å². The second-order valence-electron chi connectivity index (χ2n) is 4.86. The predicted molar refractivity (Wildman–Crippen MR) is 66.6 cm³/mol. The highest BCUT2D eigenvalue weighted by molar-refractivity contribution is 5.66. The van der Waals surface area contributed by atoms with E-state index in [1.165, 1.54) is 13.0 Å². The van der Waals surface area contributed by atoms with Crippen molar-refractivity contribution in [3.63, 3.8) is 0 Å². The van der Waals surface area contributed by atoms with E-state index >= 15 is 0 Å². The van der Waals surface area contributed by atoms with Gasteiger partial charge in [0.15, 0.2) is 11.6 Å². The van der Waals surface area contributed by atoms with Gasteiger partial charge in [-0.1, -0.05) is 6.07 Å². The molecule has 0 radical (unpaired) electrons. The Morgan fingerprint density at radius 2 is 2.21 bits per heavy atom. The molecule has 1 aliphatic rings. The number of carbonyl (C=O) groups excluding carboxylic acids is 1. The first-order chi connectivity index (χ1) is 9.04. The maximum absolute atomic E-state index is 13.1. The van der Waals surface area contributed by atoms with E-state index in [2.05, 4.69) is 5.32 Å². The number of esters is 1. The van der Waals surface area contributed by atoms with Crippen LogP contribution in [0.2, 0.25) is 0 Å². The van der Waals surface area contributed by atoms with Gasteiger partial charge in [-0.05, 0) is 37.1 Å². The van der Waals surface area contributed by atoms with Crippen LogP contribution >= 0.6 is 0 Å². The third kappa shape index (κ3) is 3.99. The summed E-state index contributed by atoms with van der Waals surface area (Å²) < 4.78 is 31.1. The molecule has 5 heteroatoms. The standard InChI is InChI=1S/C14H17F2NO2/c1-9(18)19-12-4-5-17-11(8-12)6-10-2-3-13(15)14(16)7-10/h2-3,7,11-12,17H,4-6,8H2,1H3. The molecule has 1 aromatic rings. The summed E-state index contributed by atoms with van der Waals surface area (Å²) in [6.45, 7) is 2.15. The van der Waals surface area contributed by atoms with E-state index in [1.807, 2.05) is 0 Å². The second-order valence-corrected chi connectivity index (χ2v) is 4.86. The second kappa shape index (κ2) is 6.10. The fourth-order valence-electron chi connectivity index (χ4n) is 2.42. The Morgan fingerprint density at radius 1 is 1.42 bits per heavy atom. The van der Waals surface area contributed by atoms with Crippen LogP contribution in [0.25, 0.3) is 0 Å². The van der Waals surface area contributed by atoms with E-state index in [9.17, 15) is 13.6 Å². The molecule has 0 amide bonds. The Kier molecular flexibility index (Phi) is 4.47. The van der Waals surface area contributed by atoms with Gasteiger partial charge in [0.2, 0.25) is 0 Å². The maximum atomic E-state index is 13.1. The van der Waals surface area contributed by atoms with E-state index < -0.39 is 11.6 Å². The highest BCUT2D eigenvalue weighted by atomic mass is 19.2. The number of hydrogen-bond acceptors (Lipinski definition) is 3. The fraction of sp³-hybridized carbons (Fsp3) is 0.500. The average Bonchev–Trinajstić information content (AvgIpc) is 2.33. The molecule has 1 heterocycles. The Hall–Kier alpha value is -1.49. The number of piperidine rings is 1. The number of benzene rings is 1. The van der Waals surface area contributed by atoms with Crippen molar-refractivity contribution >= 4 is 5.97 Å². The number of nitrogens with one attached hydrogen (secondary N) is 1. The van der Waals surface area contributed by atoms with Crippen LogP contribution in [0.4, 0.5) is 8.78 Å². The summed E-state index contributed by atoms with van der Waals surface area (Å²) in [5.74, 6) is -1.94. The molecule has 0 bridgehead atoms. The van der Waals surface area contributed by atoms with Gasteiger partial charge in [-0.2, -0.15) is 0 Å². The fourth-order valence-corrected chi connectivity index (χ4v) is 2.42. The van der Waals surface area contributed by atoms with Gasteiger partial charge < -0.3 is 10.1 Å². The molecule has 1 aromatic carbocycles. The molecule has 0 aromatic heterocycles. The zero-order valence-corrected chi connectivity index (χ0v) is 10.8. The largest absolute Gasteiger partial charge is 0.462 e. The molecule has 19 heavy (non-hydrogen) atoms. The van der Waals surface area contributed by atoms with Crippen LogP contribution in [0.1, 0.15) is 25.3 Å². The van der Waals surface area contributed by atoms with E-state index in [-0.39, 0.29) is 18.1 Å². The van der Waals surface area contributed by atoms with E-state index in [0.717, 1.165) is 24.6 Å². The monoisotopic (exact) mass is 269 g/mol. The lowest BCUT2D eigenvalue weighted by Crippen LogP contribution is -2.42. The third-order valence-electron chi connectivity index (χ3n) is 3.25. The first-order valence-corrected chi connectivity index (χ1v) is 6.39. The Bertz CT molecular complexity index is 465. The lowest BCUT2D eigenvalue weighted by atomic mass is 9.95. The van der Waals surface area contributed by atoms with Crippen molar-refractivity contribution in [3.8, 4) is 0 Å². The molecule has 0 spiro atoms. The van der Waals surface area contributed by atoms with E-state index in [0.29, 0.717) is 12.8 Å².